The summed E-state index contributed by atoms with van der Waals surface area (Å²) in [6, 6.07) is 4.96. The molecule has 0 aromatic carbocycles. The van der Waals surface area contributed by atoms with E-state index < -0.39 is 9.84 Å². The van der Waals surface area contributed by atoms with E-state index in [0.29, 0.717) is 11.4 Å². The summed E-state index contributed by atoms with van der Waals surface area (Å²) < 4.78 is 22.3. The molecule has 82 valence electrons. The molecule has 1 N–H and O–H groups in total. The van der Waals surface area contributed by atoms with Gasteiger partial charge >= 0.3 is 0 Å². The molecule has 16 heavy (non-hydrogen) atoms. The van der Waals surface area contributed by atoms with E-state index in [0.717, 1.165) is 0 Å². The zero-order valence-electron chi connectivity index (χ0n) is 8.29. The highest BCUT2D eigenvalue weighted by Crippen LogP contribution is 2.15. The topological polar surface area (TPSA) is 82.9 Å². The predicted octanol–water partition coefficient (Wildman–Crippen LogP) is 0.676. The Morgan fingerprint density at radius 2 is 2.38 bits per heavy atom. The van der Waals surface area contributed by atoms with Gasteiger partial charge in [-0.2, -0.15) is 5.26 Å². The third kappa shape index (κ3) is 2.38. The van der Waals surface area contributed by atoms with Gasteiger partial charge in [-0.1, -0.05) is 6.08 Å². The molecule has 2 heterocycles. The van der Waals surface area contributed by atoms with Crippen LogP contribution in [0.5, 0.6) is 0 Å². The van der Waals surface area contributed by atoms with E-state index in [1.54, 1.807) is 18.2 Å². The standard InChI is InChI=1S/C10H9N3O2S/c11-6-10-5-8(1-3-12-10)13-9-2-4-16(14,15)7-9/h1-5,9H,7H2,(H,12,13). The van der Waals surface area contributed by atoms with Gasteiger partial charge in [-0.05, 0) is 12.1 Å². The zero-order valence-corrected chi connectivity index (χ0v) is 9.11. The molecule has 0 bridgehead atoms. The second kappa shape index (κ2) is 3.94. The van der Waals surface area contributed by atoms with Crippen LogP contribution in [0, 0.1) is 11.3 Å². The van der Waals surface area contributed by atoms with Gasteiger partial charge in [0.15, 0.2) is 9.84 Å². The van der Waals surface area contributed by atoms with E-state index in [1.807, 2.05) is 6.07 Å². The van der Waals surface area contributed by atoms with E-state index >= 15 is 0 Å². The molecule has 0 fully saturated rings. The summed E-state index contributed by atoms with van der Waals surface area (Å²) in [6.45, 7) is 0. The van der Waals surface area contributed by atoms with E-state index in [-0.39, 0.29) is 11.8 Å². The number of hydrogen-bond acceptors (Lipinski definition) is 5. The second-order valence-electron chi connectivity index (χ2n) is 3.45. The summed E-state index contributed by atoms with van der Waals surface area (Å²) >= 11 is 0. The summed E-state index contributed by atoms with van der Waals surface area (Å²) in [5.74, 6) is 0.0528. The number of anilines is 1. The highest BCUT2D eigenvalue weighted by molar-refractivity contribution is 7.94. The van der Waals surface area contributed by atoms with Crippen molar-refractivity contribution in [2.75, 3.05) is 11.1 Å². The van der Waals surface area contributed by atoms with Crippen molar-refractivity contribution in [1.82, 2.24) is 4.98 Å². The highest BCUT2D eigenvalue weighted by Gasteiger charge is 2.21. The van der Waals surface area contributed by atoms with E-state index in [2.05, 4.69) is 10.3 Å². The lowest BCUT2D eigenvalue weighted by atomic mass is 10.3. The van der Waals surface area contributed by atoms with Crippen molar-refractivity contribution in [3.63, 3.8) is 0 Å². The van der Waals surface area contributed by atoms with Gasteiger partial charge in [-0.3, -0.25) is 0 Å². The molecule has 1 aromatic rings. The summed E-state index contributed by atoms with van der Waals surface area (Å²) in [6.07, 6.45) is 3.11. The van der Waals surface area contributed by atoms with Crippen LogP contribution in [-0.2, 0) is 9.84 Å². The Morgan fingerprint density at radius 3 is 3.00 bits per heavy atom. The summed E-state index contributed by atoms with van der Waals surface area (Å²) in [7, 11) is -3.05. The lowest BCUT2D eigenvalue weighted by Gasteiger charge is -2.10. The third-order valence-electron chi connectivity index (χ3n) is 2.16. The Morgan fingerprint density at radius 1 is 1.56 bits per heavy atom. The average Bonchev–Trinajstić information content (AvgIpc) is 2.58. The van der Waals surface area contributed by atoms with Gasteiger partial charge < -0.3 is 5.32 Å². The summed E-state index contributed by atoms with van der Waals surface area (Å²) in [5.41, 5.74) is 0.994. The van der Waals surface area contributed by atoms with Gasteiger partial charge in [-0.15, -0.1) is 0 Å². The molecule has 1 atom stereocenters. The van der Waals surface area contributed by atoms with Gasteiger partial charge in [-0.25, -0.2) is 13.4 Å². The van der Waals surface area contributed by atoms with Crippen LogP contribution in [0.4, 0.5) is 5.69 Å². The fraction of sp³-hybridized carbons (Fsp3) is 0.200. The quantitative estimate of drug-likeness (QED) is 0.814. The first-order chi connectivity index (χ1) is 7.59. The summed E-state index contributed by atoms with van der Waals surface area (Å²) in [5, 5.41) is 12.9. The Labute approximate surface area is 93.3 Å². The van der Waals surface area contributed by atoms with Crippen molar-refractivity contribution in [3.05, 3.63) is 35.5 Å². The van der Waals surface area contributed by atoms with Crippen molar-refractivity contribution < 1.29 is 8.42 Å². The van der Waals surface area contributed by atoms with Crippen molar-refractivity contribution in [1.29, 1.82) is 5.26 Å². The highest BCUT2D eigenvalue weighted by atomic mass is 32.2. The predicted molar refractivity (Wildman–Crippen MR) is 59.3 cm³/mol. The molecule has 1 aliphatic rings. The SMILES string of the molecule is N#Cc1cc(NC2C=CS(=O)(=O)C2)ccn1. The maximum absolute atomic E-state index is 11.2. The molecule has 0 radical (unpaired) electrons. The number of nitrogens with zero attached hydrogens (tertiary/aromatic N) is 2. The summed E-state index contributed by atoms with van der Waals surface area (Å²) in [4.78, 5) is 3.82. The molecule has 1 aliphatic heterocycles. The van der Waals surface area contributed by atoms with Crippen molar-refractivity contribution in [3.8, 4) is 6.07 Å². The van der Waals surface area contributed by atoms with Gasteiger partial charge in [0.1, 0.15) is 11.8 Å². The largest absolute Gasteiger partial charge is 0.378 e. The Kier molecular flexibility index (Phi) is 2.62. The van der Waals surface area contributed by atoms with E-state index in [4.69, 9.17) is 5.26 Å². The van der Waals surface area contributed by atoms with Crippen molar-refractivity contribution in [2.24, 2.45) is 0 Å². The average molecular weight is 235 g/mol. The lowest BCUT2D eigenvalue weighted by Crippen LogP contribution is -2.20. The molecule has 1 unspecified atom stereocenters. The number of sulfone groups is 1. The molecular weight excluding hydrogens is 226 g/mol. The first-order valence-electron chi connectivity index (χ1n) is 4.63. The van der Waals surface area contributed by atoms with E-state index in [1.165, 1.54) is 11.6 Å². The number of nitrogens with one attached hydrogen (secondary N) is 1. The molecule has 0 saturated heterocycles. The maximum Gasteiger partial charge on any atom is 0.173 e. The number of pyridine rings is 1. The van der Waals surface area contributed by atoms with Crippen LogP contribution in [0.25, 0.3) is 0 Å². The maximum atomic E-state index is 11.2. The first kappa shape index (κ1) is 10.6. The smallest absolute Gasteiger partial charge is 0.173 e. The molecule has 0 spiro atoms. The van der Waals surface area contributed by atoms with Crippen LogP contribution in [0.15, 0.2) is 29.8 Å². The van der Waals surface area contributed by atoms with E-state index in [9.17, 15) is 8.42 Å². The molecule has 5 nitrogen and oxygen atoms in total. The molecule has 0 aliphatic carbocycles. The third-order valence-corrected chi connectivity index (χ3v) is 3.55. The minimum atomic E-state index is -3.05. The minimum absolute atomic E-state index is 0.0528. The fourth-order valence-corrected chi connectivity index (χ4v) is 2.70. The fourth-order valence-electron chi connectivity index (χ4n) is 1.46. The number of hydrogen-bond donors (Lipinski definition) is 1. The molecule has 6 heteroatoms. The van der Waals surface area contributed by atoms with Crippen LogP contribution in [0.2, 0.25) is 0 Å². The van der Waals surface area contributed by atoms with Gasteiger partial charge in [0.05, 0.1) is 11.8 Å². The second-order valence-corrected chi connectivity index (χ2v) is 5.38. The molecule has 0 amide bonds. The first-order valence-corrected chi connectivity index (χ1v) is 6.34. The van der Waals surface area contributed by atoms with Crippen LogP contribution in [0.3, 0.4) is 0 Å². The lowest BCUT2D eigenvalue weighted by molar-refractivity contribution is 0.605. The molecular formula is C10H9N3O2S. The number of rotatable bonds is 2. The monoisotopic (exact) mass is 235 g/mol. The van der Waals surface area contributed by atoms with Crippen LogP contribution < -0.4 is 5.32 Å². The Bertz CT molecular complexity index is 572. The molecule has 0 saturated carbocycles. The Hall–Kier alpha value is -1.87. The van der Waals surface area contributed by atoms with Crippen molar-refractivity contribution in [2.45, 2.75) is 6.04 Å². The molecule has 2 rings (SSSR count). The minimum Gasteiger partial charge on any atom is -0.378 e. The molecule has 1 aromatic heterocycles. The van der Waals surface area contributed by atoms with Crippen LogP contribution in [-0.4, -0.2) is 25.2 Å². The van der Waals surface area contributed by atoms with Gasteiger partial charge in [0.2, 0.25) is 0 Å². The van der Waals surface area contributed by atoms with Crippen LogP contribution >= 0.6 is 0 Å². The zero-order chi connectivity index (χ0) is 11.6. The van der Waals surface area contributed by atoms with Crippen molar-refractivity contribution >= 4 is 15.5 Å². The normalized spacial score (nSPS) is 21.6. The van der Waals surface area contributed by atoms with Gasteiger partial charge in [0.25, 0.3) is 0 Å². The Balaban J connectivity index is 2.12. The van der Waals surface area contributed by atoms with Gasteiger partial charge in [0, 0.05) is 17.3 Å². The number of nitriles is 1. The van der Waals surface area contributed by atoms with Crippen LogP contribution in [0.1, 0.15) is 5.69 Å². The number of aromatic nitrogens is 1.